The van der Waals surface area contributed by atoms with Crippen LogP contribution in [0.3, 0.4) is 0 Å². The zero-order valence-electron chi connectivity index (χ0n) is 12.7. The van der Waals surface area contributed by atoms with E-state index < -0.39 is 7.14 Å². The molecule has 0 unspecified atom stereocenters. The molecule has 3 nitrogen and oxygen atoms in total. The molecule has 0 aromatic carbocycles. The molecule has 0 radical (unpaired) electrons. The Morgan fingerprint density at radius 2 is 1.53 bits per heavy atom. The molecule has 0 N–H and O–H groups in total. The Labute approximate surface area is 118 Å². The lowest BCUT2D eigenvalue weighted by Gasteiger charge is -2.17. The molecule has 0 saturated heterocycles. The second-order valence-electron chi connectivity index (χ2n) is 5.21. The first kappa shape index (κ1) is 18.4. The minimum atomic E-state index is -2.05. The second-order valence-corrected chi connectivity index (χ2v) is 8.66. The van der Waals surface area contributed by atoms with E-state index in [-0.39, 0.29) is 5.97 Å². The van der Waals surface area contributed by atoms with Gasteiger partial charge in [-0.25, -0.2) is 4.79 Å². The molecule has 0 fully saturated rings. The Kier molecular flexibility index (Phi) is 9.95. The number of unbranched alkanes of at least 4 members (excludes halogenated alkanes) is 2. The van der Waals surface area contributed by atoms with Crippen LogP contribution in [0, 0.1) is 0 Å². The van der Waals surface area contributed by atoms with E-state index in [0.717, 1.165) is 38.0 Å². The van der Waals surface area contributed by atoms with E-state index in [4.69, 9.17) is 4.74 Å². The molecule has 0 aliphatic heterocycles. The van der Waals surface area contributed by atoms with Crippen molar-refractivity contribution in [2.45, 2.75) is 52.9 Å². The lowest BCUT2D eigenvalue weighted by molar-refractivity contribution is -0.138. The van der Waals surface area contributed by atoms with E-state index in [1.807, 2.05) is 0 Å². The number of hydrogen-bond acceptors (Lipinski definition) is 3. The quantitative estimate of drug-likeness (QED) is 0.244. The minimum absolute atomic E-state index is 0.350. The van der Waals surface area contributed by atoms with Crippen LogP contribution in [0.2, 0.25) is 0 Å². The van der Waals surface area contributed by atoms with Crippen molar-refractivity contribution in [3.63, 3.8) is 0 Å². The van der Waals surface area contributed by atoms with Crippen LogP contribution >= 0.6 is 7.14 Å². The maximum absolute atomic E-state index is 12.8. The van der Waals surface area contributed by atoms with Gasteiger partial charge in [-0.05, 0) is 26.2 Å². The molecule has 0 saturated carbocycles. The zero-order chi connectivity index (χ0) is 14.7. The summed E-state index contributed by atoms with van der Waals surface area (Å²) in [5.41, 5.74) is 0.417. The van der Waals surface area contributed by atoms with Crippen LogP contribution in [-0.4, -0.2) is 31.1 Å². The molecule has 0 heterocycles. The summed E-state index contributed by atoms with van der Waals surface area (Å²) in [5.74, 6) is -0.350. The average Bonchev–Trinajstić information content (AvgIpc) is 2.39. The zero-order valence-corrected chi connectivity index (χ0v) is 13.6. The topological polar surface area (TPSA) is 43.4 Å². The van der Waals surface area contributed by atoms with Crippen LogP contribution in [0.1, 0.15) is 52.9 Å². The summed E-state index contributed by atoms with van der Waals surface area (Å²) < 4.78 is 17.8. The van der Waals surface area contributed by atoms with E-state index in [0.29, 0.717) is 24.8 Å². The molecular formula is C15H29O3P. The number of ether oxygens (including phenoxy) is 1. The highest BCUT2D eigenvalue weighted by Gasteiger charge is 2.20. The molecule has 112 valence electrons. The molecule has 0 aliphatic rings. The Morgan fingerprint density at radius 3 is 1.95 bits per heavy atom. The molecule has 0 atom stereocenters. The third kappa shape index (κ3) is 9.04. The summed E-state index contributed by atoms with van der Waals surface area (Å²) in [6.45, 7) is 9.77. The first-order valence-electron chi connectivity index (χ1n) is 7.35. The van der Waals surface area contributed by atoms with Crippen LogP contribution in [0.15, 0.2) is 12.2 Å². The number of hydrogen-bond donors (Lipinski definition) is 0. The second kappa shape index (κ2) is 10.3. The predicted octanol–water partition coefficient (Wildman–Crippen LogP) is 4.46. The molecule has 0 amide bonds. The van der Waals surface area contributed by atoms with Crippen molar-refractivity contribution >= 4 is 13.1 Å². The highest BCUT2D eigenvalue weighted by Crippen LogP contribution is 2.47. The number of esters is 1. The van der Waals surface area contributed by atoms with Gasteiger partial charge in [-0.3, -0.25) is 0 Å². The van der Waals surface area contributed by atoms with Crippen molar-refractivity contribution in [1.82, 2.24) is 0 Å². The van der Waals surface area contributed by atoms with Crippen molar-refractivity contribution in [1.29, 1.82) is 0 Å². The number of rotatable bonds is 11. The van der Waals surface area contributed by atoms with Gasteiger partial charge in [0.05, 0.1) is 13.7 Å². The lowest BCUT2D eigenvalue weighted by atomic mass is 10.4. The van der Waals surface area contributed by atoms with Gasteiger partial charge in [-0.1, -0.05) is 33.3 Å². The summed E-state index contributed by atoms with van der Waals surface area (Å²) in [4.78, 5) is 11.2. The fraction of sp³-hybridized carbons (Fsp3) is 0.800. The van der Waals surface area contributed by atoms with Gasteiger partial charge >= 0.3 is 5.97 Å². The van der Waals surface area contributed by atoms with Crippen molar-refractivity contribution in [2.24, 2.45) is 0 Å². The van der Waals surface area contributed by atoms with Crippen LogP contribution in [0.5, 0.6) is 0 Å². The van der Waals surface area contributed by atoms with Crippen LogP contribution in [-0.2, 0) is 14.1 Å². The van der Waals surface area contributed by atoms with E-state index in [2.05, 4.69) is 20.4 Å². The highest BCUT2D eigenvalue weighted by atomic mass is 31.2. The van der Waals surface area contributed by atoms with E-state index in [1.54, 1.807) is 6.92 Å². The predicted molar refractivity (Wildman–Crippen MR) is 82.4 cm³/mol. The Morgan fingerprint density at radius 1 is 1.05 bits per heavy atom. The van der Waals surface area contributed by atoms with E-state index in [9.17, 15) is 9.36 Å². The Bertz CT molecular complexity index is 311. The molecule has 19 heavy (non-hydrogen) atoms. The number of carbonyl (C=O) groups excluding carboxylic acids is 1. The third-order valence-electron chi connectivity index (χ3n) is 3.13. The van der Waals surface area contributed by atoms with Crippen LogP contribution in [0.25, 0.3) is 0 Å². The first-order valence-corrected chi connectivity index (χ1v) is 9.61. The normalized spacial score (nSPS) is 11.3. The lowest BCUT2D eigenvalue weighted by Crippen LogP contribution is -2.09. The van der Waals surface area contributed by atoms with Gasteiger partial charge in [0.2, 0.25) is 0 Å². The minimum Gasteiger partial charge on any atom is -0.462 e. The van der Waals surface area contributed by atoms with Crippen LogP contribution in [0.4, 0.5) is 0 Å². The van der Waals surface area contributed by atoms with Crippen molar-refractivity contribution in [3.05, 3.63) is 12.2 Å². The van der Waals surface area contributed by atoms with Crippen molar-refractivity contribution in [2.75, 3.05) is 25.1 Å². The van der Waals surface area contributed by atoms with E-state index >= 15 is 0 Å². The van der Waals surface area contributed by atoms with Gasteiger partial charge < -0.3 is 9.30 Å². The van der Waals surface area contributed by atoms with Gasteiger partial charge in [0.25, 0.3) is 0 Å². The average molecular weight is 288 g/mol. The maximum Gasteiger partial charge on any atom is 0.333 e. The molecule has 0 aromatic heterocycles. The molecule has 0 rings (SSSR count). The molecule has 0 aliphatic carbocycles. The molecule has 0 bridgehead atoms. The van der Waals surface area contributed by atoms with Gasteiger partial charge in [0.1, 0.15) is 0 Å². The molecule has 0 spiro atoms. The maximum atomic E-state index is 12.8. The first-order chi connectivity index (χ1) is 8.95. The summed E-state index contributed by atoms with van der Waals surface area (Å²) in [6.07, 6.45) is 7.33. The summed E-state index contributed by atoms with van der Waals surface area (Å²) >= 11 is 0. The molecule has 4 heteroatoms. The van der Waals surface area contributed by atoms with E-state index in [1.165, 1.54) is 0 Å². The molecule has 0 aromatic rings. The van der Waals surface area contributed by atoms with Crippen molar-refractivity contribution in [3.8, 4) is 0 Å². The SMILES string of the molecule is C=C(C)C(=O)OCCCP(=O)(CCCC)CCCC. The van der Waals surface area contributed by atoms with Crippen molar-refractivity contribution < 1.29 is 14.1 Å². The van der Waals surface area contributed by atoms with Gasteiger partial charge in [-0.2, -0.15) is 0 Å². The highest BCUT2D eigenvalue weighted by molar-refractivity contribution is 7.63. The standard InChI is InChI=1S/C15H29O3P/c1-5-7-11-19(17,12-8-6-2)13-9-10-18-15(16)14(3)4/h3,5-13H2,1-2,4H3. The third-order valence-corrected chi connectivity index (χ3v) is 6.52. The smallest absolute Gasteiger partial charge is 0.333 e. The monoisotopic (exact) mass is 288 g/mol. The molecular weight excluding hydrogens is 259 g/mol. The Hall–Kier alpha value is -0.560. The van der Waals surface area contributed by atoms with Gasteiger partial charge in [0, 0.05) is 24.1 Å². The summed E-state index contributed by atoms with van der Waals surface area (Å²) in [7, 11) is -2.05. The van der Waals surface area contributed by atoms with Gasteiger partial charge in [0.15, 0.2) is 0 Å². The fourth-order valence-electron chi connectivity index (χ4n) is 1.87. The van der Waals surface area contributed by atoms with Crippen LogP contribution < -0.4 is 0 Å². The fourth-order valence-corrected chi connectivity index (χ4v) is 5.03. The largest absolute Gasteiger partial charge is 0.462 e. The number of carbonyl (C=O) groups is 1. The Balaban J connectivity index is 4.08. The summed E-state index contributed by atoms with van der Waals surface area (Å²) in [6, 6.07) is 0. The van der Waals surface area contributed by atoms with Gasteiger partial charge in [-0.15, -0.1) is 0 Å². The summed E-state index contributed by atoms with van der Waals surface area (Å²) in [5, 5.41) is 0.